The van der Waals surface area contributed by atoms with Crippen LogP contribution in [0, 0.1) is 0 Å². The van der Waals surface area contributed by atoms with Crippen LogP contribution in [0.3, 0.4) is 0 Å². The standard InChI is InChI=1S/C18H23N3O2.ClH/c1-4-21(5-2)14-16-17(12-9-13-19-16)23-18(22)20(3)15-10-7-6-8-11-15;/h6-13H,4-5,14H2,1-3H3;1H. The van der Waals surface area contributed by atoms with Gasteiger partial charge in [-0.25, -0.2) is 4.79 Å². The number of hydrogen-bond donors (Lipinski definition) is 0. The molecule has 1 heterocycles. The van der Waals surface area contributed by atoms with Gasteiger partial charge in [0.25, 0.3) is 0 Å². The molecule has 0 N–H and O–H groups in total. The summed E-state index contributed by atoms with van der Waals surface area (Å²) in [5.74, 6) is 0.507. The molecule has 0 atom stereocenters. The number of amides is 1. The number of para-hydroxylation sites is 1. The van der Waals surface area contributed by atoms with Gasteiger partial charge in [0, 0.05) is 25.5 Å². The molecule has 0 unspecified atom stereocenters. The van der Waals surface area contributed by atoms with E-state index in [2.05, 4.69) is 23.7 Å². The smallest absolute Gasteiger partial charge is 0.408 e. The van der Waals surface area contributed by atoms with E-state index in [4.69, 9.17) is 4.74 Å². The fraction of sp³-hybridized carbons (Fsp3) is 0.333. The number of hydrogen-bond acceptors (Lipinski definition) is 4. The Morgan fingerprint density at radius 2 is 1.75 bits per heavy atom. The average Bonchev–Trinajstić information content (AvgIpc) is 2.61. The van der Waals surface area contributed by atoms with E-state index in [0.29, 0.717) is 12.3 Å². The van der Waals surface area contributed by atoms with Crippen molar-refractivity contribution in [1.82, 2.24) is 9.88 Å². The van der Waals surface area contributed by atoms with E-state index in [1.807, 2.05) is 30.3 Å². The summed E-state index contributed by atoms with van der Waals surface area (Å²) in [6, 6.07) is 13.0. The largest absolute Gasteiger partial charge is 0.419 e. The van der Waals surface area contributed by atoms with Crippen LogP contribution in [-0.2, 0) is 6.54 Å². The van der Waals surface area contributed by atoms with Gasteiger partial charge in [-0.3, -0.25) is 14.8 Å². The minimum atomic E-state index is -0.426. The quantitative estimate of drug-likeness (QED) is 0.791. The molecule has 24 heavy (non-hydrogen) atoms. The second-order valence-corrected chi connectivity index (χ2v) is 5.17. The van der Waals surface area contributed by atoms with E-state index in [9.17, 15) is 4.79 Å². The van der Waals surface area contributed by atoms with E-state index < -0.39 is 6.09 Å². The maximum Gasteiger partial charge on any atom is 0.419 e. The molecule has 0 aliphatic rings. The molecule has 6 heteroatoms. The number of carbonyl (C=O) groups excluding carboxylic acids is 1. The van der Waals surface area contributed by atoms with E-state index in [-0.39, 0.29) is 12.4 Å². The summed E-state index contributed by atoms with van der Waals surface area (Å²) in [6.07, 6.45) is 1.29. The molecule has 0 fully saturated rings. The number of halogens is 1. The summed E-state index contributed by atoms with van der Waals surface area (Å²) in [4.78, 5) is 20.4. The first kappa shape index (κ1) is 19.9. The van der Waals surface area contributed by atoms with Crippen LogP contribution in [0.4, 0.5) is 10.5 Å². The van der Waals surface area contributed by atoms with Crippen LogP contribution in [-0.4, -0.2) is 36.1 Å². The third-order valence-corrected chi connectivity index (χ3v) is 3.73. The molecule has 2 aromatic rings. The summed E-state index contributed by atoms with van der Waals surface area (Å²) >= 11 is 0. The van der Waals surface area contributed by atoms with Gasteiger partial charge < -0.3 is 4.74 Å². The van der Waals surface area contributed by atoms with Gasteiger partial charge in [-0.2, -0.15) is 0 Å². The number of rotatable bonds is 6. The third-order valence-electron chi connectivity index (χ3n) is 3.73. The van der Waals surface area contributed by atoms with Crippen LogP contribution in [0.25, 0.3) is 0 Å². The highest BCUT2D eigenvalue weighted by Gasteiger charge is 2.16. The summed E-state index contributed by atoms with van der Waals surface area (Å²) < 4.78 is 5.55. The minimum Gasteiger partial charge on any atom is -0.408 e. The summed E-state index contributed by atoms with van der Waals surface area (Å²) in [5.41, 5.74) is 1.55. The van der Waals surface area contributed by atoms with Crippen molar-refractivity contribution in [2.24, 2.45) is 0 Å². The van der Waals surface area contributed by atoms with Crippen molar-refractivity contribution in [2.75, 3.05) is 25.0 Å². The van der Waals surface area contributed by atoms with Crippen LogP contribution >= 0.6 is 12.4 Å². The van der Waals surface area contributed by atoms with Gasteiger partial charge in [0.15, 0.2) is 5.75 Å². The van der Waals surface area contributed by atoms with Crippen LogP contribution in [0.1, 0.15) is 19.5 Å². The first-order chi connectivity index (χ1) is 11.2. The normalized spacial score (nSPS) is 10.2. The Balaban J connectivity index is 0.00000288. The van der Waals surface area contributed by atoms with Crippen molar-refractivity contribution in [3.8, 4) is 5.75 Å². The Hall–Kier alpha value is -2.11. The number of ether oxygens (including phenoxy) is 1. The lowest BCUT2D eigenvalue weighted by Gasteiger charge is -2.20. The molecule has 130 valence electrons. The van der Waals surface area contributed by atoms with Crippen molar-refractivity contribution in [2.45, 2.75) is 20.4 Å². The second-order valence-electron chi connectivity index (χ2n) is 5.17. The number of carbonyl (C=O) groups is 1. The maximum absolute atomic E-state index is 12.4. The zero-order chi connectivity index (χ0) is 16.7. The van der Waals surface area contributed by atoms with Crippen molar-refractivity contribution < 1.29 is 9.53 Å². The molecule has 0 radical (unpaired) electrons. The number of pyridine rings is 1. The number of anilines is 1. The zero-order valence-electron chi connectivity index (χ0n) is 14.3. The molecule has 0 spiro atoms. The number of aromatic nitrogens is 1. The highest BCUT2D eigenvalue weighted by atomic mass is 35.5. The fourth-order valence-electron chi connectivity index (χ4n) is 2.21. The molecule has 1 amide bonds. The Kier molecular flexibility index (Phi) is 8.22. The predicted molar refractivity (Wildman–Crippen MR) is 99.0 cm³/mol. The van der Waals surface area contributed by atoms with Gasteiger partial charge in [0.05, 0.1) is 5.69 Å². The van der Waals surface area contributed by atoms with Gasteiger partial charge in [-0.05, 0) is 37.4 Å². The minimum absolute atomic E-state index is 0. The average molecular weight is 350 g/mol. The summed E-state index contributed by atoms with van der Waals surface area (Å²) in [5, 5.41) is 0. The van der Waals surface area contributed by atoms with Crippen LogP contribution in [0.5, 0.6) is 5.75 Å². The van der Waals surface area contributed by atoms with Gasteiger partial charge in [-0.1, -0.05) is 32.0 Å². The lowest BCUT2D eigenvalue weighted by molar-refractivity contribution is 0.207. The lowest BCUT2D eigenvalue weighted by atomic mass is 10.3. The molecule has 1 aromatic carbocycles. The second kappa shape index (κ2) is 9.90. The molecule has 5 nitrogen and oxygen atoms in total. The molecule has 0 aliphatic heterocycles. The van der Waals surface area contributed by atoms with Crippen molar-refractivity contribution >= 4 is 24.2 Å². The van der Waals surface area contributed by atoms with Crippen molar-refractivity contribution in [3.63, 3.8) is 0 Å². The monoisotopic (exact) mass is 349 g/mol. The molecule has 0 saturated carbocycles. The maximum atomic E-state index is 12.4. The van der Waals surface area contributed by atoms with Gasteiger partial charge >= 0.3 is 6.09 Å². The first-order valence-electron chi connectivity index (χ1n) is 7.82. The highest BCUT2D eigenvalue weighted by Crippen LogP contribution is 2.20. The predicted octanol–water partition coefficient (Wildman–Crippen LogP) is 3.98. The molecular weight excluding hydrogens is 326 g/mol. The van der Waals surface area contributed by atoms with Gasteiger partial charge in [0.2, 0.25) is 0 Å². The Labute approximate surface area is 149 Å². The van der Waals surface area contributed by atoms with E-state index >= 15 is 0 Å². The van der Waals surface area contributed by atoms with Crippen LogP contribution in [0.15, 0.2) is 48.7 Å². The van der Waals surface area contributed by atoms with E-state index in [1.54, 1.807) is 25.4 Å². The van der Waals surface area contributed by atoms with Crippen molar-refractivity contribution in [1.29, 1.82) is 0 Å². The number of nitrogens with zero attached hydrogens (tertiary/aromatic N) is 3. The Morgan fingerprint density at radius 1 is 1.08 bits per heavy atom. The first-order valence-corrected chi connectivity index (χ1v) is 7.82. The van der Waals surface area contributed by atoms with Gasteiger partial charge in [0.1, 0.15) is 0 Å². The third kappa shape index (κ3) is 5.22. The number of benzene rings is 1. The fourth-order valence-corrected chi connectivity index (χ4v) is 2.21. The Morgan fingerprint density at radius 3 is 2.38 bits per heavy atom. The molecular formula is C18H24ClN3O2. The highest BCUT2D eigenvalue weighted by molar-refractivity contribution is 5.88. The SMILES string of the molecule is CCN(CC)Cc1ncccc1OC(=O)N(C)c1ccccc1.Cl. The molecule has 0 bridgehead atoms. The molecule has 0 saturated heterocycles. The van der Waals surface area contributed by atoms with Gasteiger partial charge in [-0.15, -0.1) is 12.4 Å². The lowest BCUT2D eigenvalue weighted by Crippen LogP contribution is -2.30. The molecule has 1 aromatic heterocycles. The van der Waals surface area contributed by atoms with Crippen LogP contribution < -0.4 is 9.64 Å². The van der Waals surface area contributed by atoms with Crippen molar-refractivity contribution in [3.05, 3.63) is 54.4 Å². The molecule has 0 aliphatic carbocycles. The Bertz CT molecular complexity index is 633. The summed E-state index contributed by atoms with van der Waals surface area (Å²) in [6.45, 7) is 6.70. The zero-order valence-corrected chi connectivity index (χ0v) is 15.1. The van der Waals surface area contributed by atoms with E-state index in [1.165, 1.54) is 4.90 Å². The van der Waals surface area contributed by atoms with E-state index in [0.717, 1.165) is 24.5 Å². The summed E-state index contributed by atoms with van der Waals surface area (Å²) in [7, 11) is 1.69. The molecule has 2 rings (SSSR count). The topological polar surface area (TPSA) is 45.7 Å². The van der Waals surface area contributed by atoms with Crippen LogP contribution in [0.2, 0.25) is 0 Å².